The molecule has 0 aliphatic heterocycles. The predicted molar refractivity (Wildman–Crippen MR) is 94.7 cm³/mol. The highest BCUT2D eigenvalue weighted by atomic mass is 16.5. The number of rotatable bonds is 10. The zero-order valence-corrected chi connectivity index (χ0v) is 15.1. The van der Waals surface area contributed by atoms with Gasteiger partial charge in [0.05, 0.1) is 18.1 Å². The average Bonchev–Trinajstić information content (AvgIpc) is 2.48. The quantitative estimate of drug-likeness (QED) is 0.576. The van der Waals surface area contributed by atoms with Crippen LogP contribution < -0.4 is 0 Å². The van der Waals surface area contributed by atoms with Crippen LogP contribution in [0, 0.1) is 0 Å². The van der Waals surface area contributed by atoms with Gasteiger partial charge in [0.1, 0.15) is 0 Å². The minimum absolute atomic E-state index is 0.166. The van der Waals surface area contributed by atoms with Crippen LogP contribution in [-0.4, -0.2) is 16.7 Å². The van der Waals surface area contributed by atoms with E-state index in [-0.39, 0.29) is 5.60 Å². The Morgan fingerprint density at radius 2 is 1.70 bits per heavy atom. The smallest absolute Gasteiger partial charge is 0.310 e. The molecule has 3 nitrogen and oxygen atoms in total. The van der Waals surface area contributed by atoms with Gasteiger partial charge in [-0.15, -0.1) is 0 Å². The number of ether oxygens (including phenoxy) is 1. The Labute approximate surface area is 141 Å². The third-order valence-corrected chi connectivity index (χ3v) is 3.95. The minimum atomic E-state index is -0.723. The molecule has 23 heavy (non-hydrogen) atoms. The molecule has 1 rings (SSSR count). The lowest BCUT2D eigenvalue weighted by atomic mass is 9.92. The maximum Gasteiger partial charge on any atom is 0.310 e. The molecule has 0 unspecified atom stereocenters. The summed E-state index contributed by atoms with van der Waals surface area (Å²) >= 11 is 0. The van der Waals surface area contributed by atoms with Gasteiger partial charge in [0.15, 0.2) is 0 Å². The van der Waals surface area contributed by atoms with Gasteiger partial charge in [0.25, 0.3) is 0 Å². The van der Waals surface area contributed by atoms with Gasteiger partial charge in [-0.25, -0.2) is 0 Å². The van der Waals surface area contributed by atoms with E-state index in [0.717, 1.165) is 30.4 Å². The normalized spacial score (nSPS) is 13.0. The van der Waals surface area contributed by atoms with E-state index < -0.39 is 11.9 Å². The van der Waals surface area contributed by atoms with Crippen LogP contribution in [-0.2, 0) is 16.1 Å². The van der Waals surface area contributed by atoms with E-state index in [1.807, 2.05) is 45.0 Å². The average molecular weight is 320 g/mol. The van der Waals surface area contributed by atoms with Crippen LogP contribution in [0.15, 0.2) is 24.3 Å². The standard InChI is InChI=1S/C20H32O3/c1-5-6-7-8-9-10-18(19(21)22)17-13-11-16(12-14-17)15-23-20(2,3)4/h11-14,18H,5-10,15H2,1-4H3,(H,21,22)/t18-/m0/s1. The van der Waals surface area contributed by atoms with E-state index >= 15 is 0 Å². The Morgan fingerprint density at radius 3 is 2.22 bits per heavy atom. The Morgan fingerprint density at radius 1 is 1.09 bits per heavy atom. The Hall–Kier alpha value is -1.35. The zero-order valence-electron chi connectivity index (χ0n) is 15.1. The first-order valence-corrected chi connectivity index (χ1v) is 8.79. The van der Waals surface area contributed by atoms with Crippen molar-refractivity contribution in [3.63, 3.8) is 0 Å². The van der Waals surface area contributed by atoms with Crippen LogP contribution in [0.2, 0.25) is 0 Å². The van der Waals surface area contributed by atoms with Crippen molar-refractivity contribution in [1.82, 2.24) is 0 Å². The van der Waals surface area contributed by atoms with Gasteiger partial charge in [-0.2, -0.15) is 0 Å². The van der Waals surface area contributed by atoms with Crippen molar-refractivity contribution in [3.05, 3.63) is 35.4 Å². The van der Waals surface area contributed by atoms with Crippen LogP contribution in [0.5, 0.6) is 0 Å². The van der Waals surface area contributed by atoms with Crippen molar-refractivity contribution >= 4 is 5.97 Å². The molecule has 1 atom stereocenters. The molecular formula is C20H32O3. The fraction of sp³-hybridized carbons (Fsp3) is 0.650. The van der Waals surface area contributed by atoms with Crippen molar-refractivity contribution in [3.8, 4) is 0 Å². The van der Waals surface area contributed by atoms with Gasteiger partial charge < -0.3 is 9.84 Å². The number of aliphatic carboxylic acids is 1. The molecular weight excluding hydrogens is 288 g/mol. The molecule has 1 aromatic carbocycles. The Kier molecular flexibility index (Phi) is 8.32. The third kappa shape index (κ3) is 8.17. The minimum Gasteiger partial charge on any atom is -0.481 e. The number of hydrogen-bond donors (Lipinski definition) is 1. The molecule has 3 heteroatoms. The number of carbonyl (C=O) groups is 1. The summed E-state index contributed by atoms with van der Waals surface area (Å²) in [5, 5.41) is 9.48. The van der Waals surface area contributed by atoms with Gasteiger partial charge in [-0.3, -0.25) is 4.79 Å². The highest BCUT2D eigenvalue weighted by molar-refractivity contribution is 5.76. The van der Waals surface area contributed by atoms with Crippen molar-refractivity contribution in [1.29, 1.82) is 0 Å². The second kappa shape index (κ2) is 9.71. The van der Waals surface area contributed by atoms with Crippen molar-refractivity contribution < 1.29 is 14.6 Å². The summed E-state index contributed by atoms with van der Waals surface area (Å²) in [6.07, 6.45) is 6.46. The molecule has 1 N–H and O–H groups in total. The third-order valence-electron chi connectivity index (χ3n) is 3.95. The van der Waals surface area contributed by atoms with E-state index in [9.17, 15) is 9.90 Å². The highest BCUT2D eigenvalue weighted by Gasteiger charge is 2.19. The molecule has 130 valence electrons. The topological polar surface area (TPSA) is 46.5 Å². The number of benzene rings is 1. The molecule has 0 aliphatic carbocycles. The molecule has 0 bridgehead atoms. The number of unbranched alkanes of at least 4 members (excludes halogenated alkanes) is 4. The van der Waals surface area contributed by atoms with Gasteiger partial charge >= 0.3 is 5.97 Å². The Balaban J connectivity index is 2.57. The van der Waals surface area contributed by atoms with Crippen LogP contribution in [0.4, 0.5) is 0 Å². The second-order valence-corrected chi connectivity index (χ2v) is 7.24. The highest BCUT2D eigenvalue weighted by Crippen LogP contribution is 2.24. The van der Waals surface area contributed by atoms with E-state index in [1.54, 1.807) is 0 Å². The van der Waals surface area contributed by atoms with Crippen molar-refractivity contribution in [2.24, 2.45) is 0 Å². The first-order valence-electron chi connectivity index (χ1n) is 8.79. The van der Waals surface area contributed by atoms with Gasteiger partial charge in [0, 0.05) is 0 Å². The summed E-state index contributed by atoms with van der Waals surface area (Å²) in [6, 6.07) is 7.83. The molecule has 0 amide bonds. The van der Waals surface area contributed by atoms with E-state index in [4.69, 9.17) is 4.74 Å². The molecule has 0 saturated carbocycles. The van der Waals surface area contributed by atoms with E-state index in [2.05, 4.69) is 6.92 Å². The Bertz CT molecular complexity index is 457. The summed E-state index contributed by atoms with van der Waals surface area (Å²) in [6.45, 7) is 8.82. The molecule has 0 spiro atoms. The molecule has 0 aliphatic rings. The van der Waals surface area contributed by atoms with Gasteiger partial charge in [-0.1, -0.05) is 63.3 Å². The van der Waals surface area contributed by atoms with E-state index in [1.165, 1.54) is 19.3 Å². The lowest BCUT2D eigenvalue weighted by molar-refractivity contribution is -0.139. The summed E-state index contributed by atoms with van der Waals surface area (Å²) < 4.78 is 5.75. The summed E-state index contributed by atoms with van der Waals surface area (Å²) in [5.74, 6) is -1.12. The van der Waals surface area contributed by atoms with Crippen molar-refractivity contribution in [2.75, 3.05) is 0 Å². The maximum atomic E-state index is 11.5. The lowest BCUT2D eigenvalue weighted by Crippen LogP contribution is -2.18. The predicted octanol–water partition coefficient (Wildman–Crippen LogP) is 5.53. The van der Waals surface area contributed by atoms with Crippen LogP contribution >= 0.6 is 0 Å². The summed E-state index contributed by atoms with van der Waals surface area (Å²) in [5.41, 5.74) is 1.81. The molecule has 0 radical (unpaired) electrons. The monoisotopic (exact) mass is 320 g/mol. The maximum absolute atomic E-state index is 11.5. The van der Waals surface area contributed by atoms with Crippen LogP contribution in [0.25, 0.3) is 0 Å². The molecule has 0 aromatic heterocycles. The number of carboxylic acid groups (broad SMARTS) is 1. The fourth-order valence-electron chi connectivity index (χ4n) is 2.53. The van der Waals surface area contributed by atoms with Crippen LogP contribution in [0.1, 0.15) is 83.3 Å². The van der Waals surface area contributed by atoms with E-state index in [0.29, 0.717) is 6.61 Å². The van der Waals surface area contributed by atoms with Gasteiger partial charge in [0.2, 0.25) is 0 Å². The fourth-order valence-corrected chi connectivity index (χ4v) is 2.53. The molecule has 1 aromatic rings. The zero-order chi connectivity index (χ0) is 17.3. The first kappa shape index (κ1) is 19.7. The molecule has 0 heterocycles. The van der Waals surface area contributed by atoms with Gasteiger partial charge in [-0.05, 0) is 38.3 Å². The molecule has 0 fully saturated rings. The SMILES string of the molecule is CCCCCCC[C@H](C(=O)O)c1ccc(COC(C)(C)C)cc1. The summed E-state index contributed by atoms with van der Waals surface area (Å²) in [4.78, 5) is 11.5. The number of carboxylic acids is 1. The first-order chi connectivity index (χ1) is 10.8. The van der Waals surface area contributed by atoms with Crippen LogP contribution in [0.3, 0.4) is 0 Å². The lowest BCUT2D eigenvalue weighted by Gasteiger charge is -2.20. The second-order valence-electron chi connectivity index (χ2n) is 7.24. The largest absolute Gasteiger partial charge is 0.481 e. The summed E-state index contributed by atoms with van der Waals surface area (Å²) in [7, 11) is 0. The number of hydrogen-bond acceptors (Lipinski definition) is 2. The molecule has 0 saturated heterocycles. The van der Waals surface area contributed by atoms with Crippen molar-refractivity contribution in [2.45, 2.75) is 84.3 Å².